The molecule has 7 nitrogen and oxygen atoms in total. The largest absolute Gasteiger partial charge is 0.463 e. The summed E-state index contributed by atoms with van der Waals surface area (Å²) in [5.41, 5.74) is 3.67. The van der Waals surface area contributed by atoms with Crippen LogP contribution in [0.25, 0.3) is 17.1 Å². The number of hydrogen-bond acceptors (Lipinski definition) is 6. The fourth-order valence-electron chi connectivity index (χ4n) is 4.36. The van der Waals surface area contributed by atoms with Crippen molar-refractivity contribution in [2.45, 2.75) is 38.7 Å². The Bertz CT molecular complexity index is 1170. The van der Waals surface area contributed by atoms with Gasteiger partial charge in [-0.15, -0.1) is 0 Å². The molecule has 154 valence electrons. The third-order valence-corrected chi connectivity index (χ3v) is 6.14. The number of furan rings is 1. The fraction of sp³-hybridized carbons (Fsp3) is 0.348. The Morgan fingerprint density at radius 3 is 2.80 bits per heavy atom. The first-order valence-electron chi connectivity index (χ1n) is 10.3. The average molecular weight is 403 g/mol. The van der Waals surface area contributed by atoms with E-state index in [4.69, 9.17) is 14.5 Å². The molecule has 1 N–H and O–H groups in total. The van der Waals surface area contributed by atoms with Crippen LogP contribution < -0.4 is 4.90 Å². The van der Waals surface area contributed by atoms with Gasteiger partial charge < -0.3 is 14.4 Å². The number of fused-ring (bicyclic) bond motifs is 1. The number of aromatic nitrogens is 4. The number of anilines is 1. The number of nitrogens with zero attached hydrogens (tertiary/aromatic N) is 5. The first-order valence-corrected chi connectivity index (χ1v) is 10.3. The van der Waals surface area contributed by atoms with Crippen LogP contribution in [0.1, 0.15) is 36.1 Å². The Morgan fingerprint density at radius 1 is 1.13 bits per heavy atom. The van der Waals surface area contributed by atoms with Gasteiger partial charge in [0, 0.05) is 48.4 Å². The summed E-state index contributed by atoms with van der Waals surface area (Å²) < 4.78 is 7.45. The van der Waals surface area contributed by atoms with Crippen LogP contribution in [0, 0.1) is 13.8 Å². The van der Waals surface area contributed by atoms with Gasteiger partial charge in [0.2, 0.25) is 0 Å². The van der Waals surface area contributed by atoms with Gasteiger partial charge in [0.1, 0.15) is 11.5 Å². The molecule has 5 heterocycles. The number of hydrogen-bond donors (Lipinski definition) is 1. The van der Waals surface area contributed by atoms with E-state index in [0.717, 1.165) is 59.3 Å². The maximum absolute atomic E-state index is 11.3. The normalized spacial score (nSPS) is 19.9. The molecule has 1 aliphatic heterocycles. The van der Waals surface area contributed by atoms with E-state index in [0.29, 0.717) is 12.8 Å². The first kappa shape index (κ1) is 18.8. The summed E-state index contributed by atoms with van der Waals surface area (Å²) in [5.74, 6) is 1.76. The van der Waals surface area contributed by atoms with E-state index in [1.54, 1.807) is 18.7 Å². The molecule has 4 aromatic rings. The lowest BCUT2D eigenvalue weighted by Crippen LogP contribution is -2.31. The van der Waals surface area contributed by atoms with Crippen molar-refractivity contribution in [3.63, 3.8) is 0 Å². The first-order chi connectivity index (χ1) is 14.5. The monoisotopic (exact) mass is 403 g/mol. The number of pyridine rings is 1. The SMILES string of the molecule is Cc1nc2cc(-c3ccco3)nn2c(N2CCCC(O)(c3cccnc3)CC2)c1C. The molecule has 0 aliphatic carbocycles. The Hall–Kier alpha value is -3.19. The van der Waals surface area contributed by atoms with Crippen molar-refractivity contribution in [3.05, 3.63) is 65.8 Å². The Labute approximate surface area is 175 Å². The zero-order valence-corrected chi connectivity index (χ0v) is 17.2. The van der Waals surface area contributed by atoms with Crippen LogP contribution in [0.2, 0.25) is 0 Å². The van der Waals surface area contributed by atoms with E-state index in [9.17, 15) is 5.11 Å². The van der Waals surface area contributed by atoms with Gasteiger partial charge in [-0.3, -0.25) is 4.98 Å². The van der Waals surface area contributed by atoms with Crippen molar-refractivity contribution >= 4 is 11.5 Å². The predicted octanol–water partition coefficient (Wildman–Crippen LogP) is 3.88. The van der Waals surface area contributed by atoms with E-state index >= 15 is 0 Å². The minimum atomic E-state index is -0.860. The Balaban J connectivity index is 1.53. The van der Waals surface area contributed by atoms with Crippen molar-refractivity contribution in [1.82, 2.24) is 19.6 Å². The van der Waals surface area contributed by atoms with Gasteiger partial charge in [0.15, 0.2) is 11.4 Å². The van der Waals surface area contributed by atoms with Crippen LogP contribution in [0.4, 0.5) is 5.82 Å². The molecule has 0 saturated carbocycles. The molecule has 1 saturated heterocycles. The van der Waals surface area contributed by atoms with Crippen LogP contribution in [0.3, 0.4) is 0 Å². The van der Waals surface area contributed by atoms with Crippen LogP contribution in [0.15, 0.2) is 53.4 Å². The maximum Gasteiger partial charge on any atom is 0.158 e. The number of aryl methyl sites for hydroxylation is 1. The summed E-state index contributed by atoms with van der Waals surface area (Å²) in [6, 6.07) is 9.57. The lowest BCUT2D eigenvalue weighted by atomic mass is 9.88. The van der Waals surface area contributed by atoms with E-state index in [-0.39, 0.29) is 0 Å². The van der Waals surface area contributed by atoms with Crippen molar-refractivity contribution in [2.24, 2.45) is 0 Å². The number of aliphatic hydroxyl groups is 1. The molecule has 0 spiro atoms. The minimum absolute atomic E-state index is 0.632. The summed E-state index contributed by atoms with van der Waals surface area (Å²) in [6.07, 6.45) is 7.38. The minimum Gasteiger partial charge on any atom is -0.463 e. The highest BCUT2D eigenvalue weighted by Crippen LogP contribution is 2.35. The zero-order chi connectivity index (χ0) is 20.7. The van der Waals surface area contributed by atoms with Crippen molar-refractivity contribution in [3.8, 4) is 11.5 Å². The van der Waals surface area contributed by atoms with E-state index in [2.05, 4.69) is 16.8 Å². The Morgan fingerprint density at radius 2 is 2.03 bits per heavy atom. The quantitative estimate of drug-likeness (QED) is 0.559. The van der Waals surface area contributed by atoms with Gasteiger partial charge in [-0.25, -0.2) is 4.98 Å². The second kappa shape index (κ2) is 7.25. The van der Waals surface area contributed by atoms with Crippen LogP contribution in [0.5, 0.6) is 0 Å². The lowest BCUT2D eigenvalue weighted by Gasteiger charge is -2.28. The van der Waals surface area contributed by atoms with Crippen LogP contribution >= 0.6 is 0 Å². The molecule has 1 aliphatic rings. The third-order valence-electron chi connectivity index (χ3n) is 6.14. The number of rotatable bonds is 3. The molecule has 1 fully saturated rings. The molecule has 5 rings (SSSR count). The van der Waals surface area contributed by atoms with E-state index < -0.39 is 5.60 Å². The highest BCUT2D eigenvalue weighted by Gasteiger charge is 2.33. The molecule has 7 heteroatoms. The lowest BCUT2D eigenvalue weighted by molar-refractivity contribution is 0.0241. The molecular formula is C23H25N5O2. The van der Waals surface area contributed by atoms with Gasteiger partial charge in [-0.2, -0.15) is 9.61 Å². The maximum atomic E-state index is 11.3. The summed E-state index contributed by atoms with van der Waals surface area (Å²) in [5, 5.41) is 16.1. The molecule has 0 bridgehead atoms. The highest BCUT2D eigenvalue weighted by atomic mass is 16.3. The van der Waals surface area contributed by atoms with Crippen molar-refractivity contribution < 1.29 is 9.52 Å². The summed E-state index contributed by atoms with van der Waals surface area (Å²) in [6.45, 7) is 5.68. The van der Waals surface area contributed by atoms with Gasteiger partial charge in [0.25, 0.3) is 0 Å². The average Bonchev–Trinajstić information content (AvgIpc) is 3.38. The van der Waals surface area contributed by atoms with Gasteiger partial charge >= 0.3 is 0 Å². The van der Waals surface area contributed by atoms with Crippen LogP contribution in [-0.4, -0.2) is 37.8 Å². The van der Waals surface area contributed by atoms with Gasteiger partial charge in [-0.05, 0) is 51.3 Å². The highest BCUT2D eigenvalue weighted by molar-refractivity contribution is 5.64. The summed E-state index contributed by atoms with van der Waals surface area (Å²) in [7, 11) is 0. The van der Waals surface area contributed by atoms with Crippen molar-refractivity contribution in [2.75, 3.05) is 18.0 Å². The summed E-state index contributed by atoms with van der Waals surface area (Å²) in [4.78, 5) is 11.3. The third kappa shape index (κ3) is 3.15. The molecule has 1 unspecified atom stereocenters. The van der Waals surface area contributed by atoms with Crippen LogP contribution in [-0.2, 0) is 5.60 Å². The molecule has 0 amide bonds. The van der Waals surface area contributed by atoms with E-state index in [1.165, 1.54) is 0 Å². The zero-order valence-electron chi connectivity index (χ0n) is 17.2. The van der Waals surface area contributed by atoms with Gasteiger partial charge in [0.05, 0.1) is 11.9 Å². The fourth-order valence-corrected chi connectivity index (χ4v) is 4.36. The molecule has 30 heavy (non-hydrogen) atoms. The Kier molecular flexibility index (Phi) is 4.55. The van der Waals surface area contributed by atoms with Crippen molar-refractivity contribution in [1.29, 1.82) is 0 Å². The molecule has 0 aromatic carbocycles. The smallest absolute Gasteiger partial charge is 0.158 e. The van der Waals surface area contributed by atoms with Gasteiger partial charge in [-0.1, -0.05) is 6.07 Å². The molecule has 1 atom stereocenters. The topological polar surface area (TPSA) is 79.7 Å². The summed E-state index contributed by atoms with van der Waals surface area (Å²) >= 11 is 0. The predicted molar refractivity (Wildman–Crippen MR) is 114 cm³/mol. The second-order valence-corrected chi connectivity index (χ2v) is 8.04. The van der Waals surface area contributed by atoms with E-state index in [1.807, 2.05) is 41.8 Å². The standard InChI is InChI=1S/C23H25N5O2/c1-16-17(2)25-21-14-19(20-7-4-13-30-20)26-28(21)22(16)27-11-5-8-23(29,9-12-27)18-6-3-10-24-15-18/h3-4,6-7,10,13-15,29H,5,8-9,11-12H2,1-2H3. The molecule has 0 radical (unpaired) electrons. The molecule has 4 aromatic heterocycles. The second-order valence-electron chi connectivity index (χ2n) is 8.04. The molecular weight excluding hydrogens is 378 g/mol.